The van der Waals surface area contributed by atoms with Gasteiger partial charge in [-0.1, -0.05) is 40.6 Å². The van der Waals surface area contributed by atoms with Gasteiger partial charge in [-0.05, 0) is 37.5 Å². The van der Waals surface area contributed by atoms with Crippen LogP contribution in [0.1, 0.15) is 28.8 Å². The van der Waals surface area contributed by atoms with Gasteiger partial charge in [-0.3, -0.25) is 9.69 Å². The van der Waals surface area contributed by atoms with Crippen LogP contribution in [0.4, 0.5) is 5.13 Å². The Morgan fingerprint density at radius 2 is 2.21 bits per heavy atom. The van der Waals surface area contributed by atoms with Gasteiger partial charge >= 0.3 is 0 Å². The minimum atomic E-state index is -0.223. The molecule has 1 atom stereocenters. The van der Waals surface area contributed by atoms with Crippen molar-refractivity contribution in [2.75, 3.05) is 25.2 Å². The SMILES string of the molecule is COc1ccc(C)c2sc(N(C[C@@H]3CCCO3)C(=O)c3cc(Cl)sc3Cl)nc12. The fourth-order valence-corrected chi connectivity index (χ4v) is 5.76. The average molecular weight is 457 g/mol. The number of hydrogen-bond donors (Lipinski definition) is 0. The van der Waals surface area contributed by atoms with Gasteiger partial charge in [0, 0.05) is 6.61 Å². The number of thiophene rings is 1. The fourth-order valence-electron chi connectivity index (χ4n) is 3.25. The summed E-state index contributed by atoms with van der Waals surface area (Å²) < 4.78 is 13.1. The predicted octanol–water partition coefficient (Wildman–Crippen LogP) is 5.81. The van der Waals surface area contributed by atoms with Crippen LogP contribution < -0.4 is 9.64 Å². The van der Waals surface area contributed by atoms with E-state index in [9.17, 15) is 4.79 Å². The molecule has 1 saturated heterocycles. The number of carbonyl (C=O) groups is 1. The molecule has 9 heteroatoms. The standard InChI is InChI=1S/C19H18Cl2N2O3S2/c1-10-5-6-13(25-2)15-16(10)28-19(22-15)23(9-11-4-3-7-26-11)18(24)12-8-14(20)27-17(12)21/h5-6,8,11H,3-4,7,9H2,1-2H3/t11-/m0/s1. The summed E-state index contributed by atoms with van der Waals surface area (Å²) in [5.74, 6) is 0.462. The minimum absolute atomic E-state index is 0.0214. The molecule has 5 nitrogen and oxygen atoms in total. The molecule has 0 unspecified atom stereocenters. The summed E-state index contributed by atoms with van der Waals surface area (Å²) in [5, 5.41) is 0.599. The Bertz CT molecular complexity index is 1030. The fraction of sp³-hybridized carbons (Fsp3) is 0.368. The van der Waals surface area contributed by atoms with Gasteiger partial charge in [-0.15, -0.1) is 11.3 Å². The number of thiazole rings is 1. The molecule has 3 heterocycles. The maximum Gasteiger partial charge on any atom is 0.262 e. The van der Waals surface area contributed by atoms with Crippen molar-refractivity contribution in [2.45, 2.75) is 25.9 Å². The Balaban J connectivity index is 1.78. The highest BCUT2D eigenvalue weighted by Gasteiger charge is 2.29. The number of methoxy groups -OCH3 is 1. The van der Waals surface area contributed by atoms with Crippen molar-refractivity contribution in [1.29, 1.82) is 0 Å². The number of amides is 1. The van der Waals surface area contributed by atoms with E-state index in [1.807, 2.05) is 19.1 Å². The van der Waals surface area contributed by atoms with Crippen LogP contribution in [-0.2, 0) is 4.74 Å². The average Bonchev–Trinajstić information content (AvgIpc) is 3.39. The van der Waals surface area contributed by atoms with Crippen LogP contribution in [0.5, 0.6) is 5.75 Å². The molecule has 1 aliphatic rings. The summed E-state index contributed by atoms with van der Waals surface area (Å²) in [6, 6.07) is 5.49. The summed E-state index contributed by atoms with van der Waals surface area (Å²) in [6.07, 6.45) is 1.88. The zero-order valence-electron chi connectivity index (χ0n) is 15.3. The van der Waals surface area contributed by atoms with Crippen molar-refractivity contribution in [3.8, 4) is 5.75 Å². The molecule has 1 fully saturated rings. The van der Waals surface area contributed by atoms with Gasteiger partial charge in [0.2, 0.25) is 0 Å². The van der Waals surface area contributed by atoms with Gasteiger partial charge < -0.3 is 9.47 Å². The van der Waals surface area contributed by atoms with Crippen molar-refractivity contribution in [1.82, 2.24) is 4.98 Å². The number of fused-ring (bicyclic) bond motifs is 1. The van der Waals surface area contributed by atoms with Crippen molar-refractivity contribution >= 4 is 67.1 Å². The molecule has 0 aliphatic carbocycles. The molecular weight excluding hydrogens is 439 g/mol. The molecule has 28 heavy (non-hydrogen) atoms. The zero-order valence-corrected chi connectivity index (χ0v) is 18.5. The summed E-state index contributed by atoms with van der Waals surface area (Å²) in [6.45, 7) is 3.15. The quantitative estimate of drug-likeness (QED) is 0.486. The number of rotatable bonds is 5. The summed E-state index contributed by atoms with van der Waals surface area (Å²) >= 11 is 15.0. The highest BCUT2D eigenvalue weighted by atomic mass is 35.5. The Labute approximate surface area is 180 Å². The summed E-state index contributed by atoms with van der Waals surface area (Å²) in [7, 11) is 1.62. The highest BCUT2D eigenvalue weighted by Crippen LogP contribution is 2.39. The molecule has 0 saturated carbocycles. The maximum absolute atomic E-state index is 13.4. The van der Waals surface area contributed by atoms with E-state index in [0.717, 1.165) is 28.6 Å². The highest BCUT2D eigenvalue weighted by molar-refractivity contribution is 7.22. The van der Waals surface area contributed by atoms with E-state index in [4.69, 9.17) is 37.7 Å². The normalized spacial score (nSPS) is 16.6. The molecule has 1 amide bonds. The number of ether oxygens (including phenoxy) is 2. The number of aromatic nitrogens is 1. The number of anilines is 1. The molecule has 1 aromatic carbocycles. The van der Waals surface area contributed by atoms with E-state index >= 15 is 0 Å². The lowest BCUT2D eigenvalue weighted by atomic mass is 10.2. The lowest BCUT2D eigenvalue weighted by molar-refractivity contribution is 0.0918. The van der Waals surface area contributed by atoms with Gasteiger partial charge in [-0.25, -0.2) is 4.98 Å². The third-order valence-corrected chi connectivity index (χ3v) is 7.39. The van der Waals surface area contributed by atoms with Crippen LogP contribution in [0.25, 0.3) is 10.2 Å². The first-order valence-electron chi connectivity index (χ1n) is 8.80. The molecule has 1 aliphatic heterocycles. The number of aryl methyl sites for hydroxylation is 1. The molecule has 148 valence electrons. The summed E-state index contributed by atoms with van der Waals surface area (Å²) in [4.78, 5) is 19.7. The van der Waals surface area contributed by atoms with E-state index < -0.39 is 0 Å². The van der Waals surface area contributed by atoms with Crippen molar-refractivity contribution in [2.24, 2.45) is 0 Å². The van der Waals surface area contributed by atoms with Gasteiger partial charge in [0.25, 0.3) is 5.91 Å². The smallest absolute Gasteiger partial charge is 0.262 e. The van der Waals surface area contributed by atoms with Crippen LogP contribution in [0.15, 0.2) is 18.2 Å². The predicted molar refractivity (Wildman–Crippen MR) is 116 cm³/mol. The van der Waals surface area contributed by atoms with Crippen molar-refractivity contribution in [3.63, 3.8) is 0 Å². The van der Waals surface area contributed by atoms with E-state index in [1.54, 1.807) is 18.1 Å². The van der Waals surface area contributed by atoms with E-state index in [2.05, 4.69) is 0 Å². The molecule has 0 bridgehead atoms. The lowest BCUT2D eigenvalue weighted by Gasteiger charge is -2.22. The third kappa shape index (κ3) is 3.74. The summed E-state index contributed by atoms with van der Waals surface area (Å²) in [5.41, 5.74) is 2.22. The second kappa shape index (κ2) is 8.16. The monoisotopic (exact) mass is 456 g/mol. The van der Waals surface area contributed by atoms with Crippen molar-refractivity contribution < 1.29 is 14.3 Å². The number of nitrogens with zero attached hydrogens (tertiary/aromatic N) is 2. The zero-order chi connectivity index (χ0) is 19.8. The lowest BCUT2D eigenvalue weighted by Crippen LogP contribution is -2.37. The van der Waals surface area contributed by atoms with Gasteiger partial charge in [0.1, 0.15) is 15.6 Å². The number of carbonyl (C=O) groups excluding carboxylic acids is 1. The van der Waals surface area contributed by atoms with Gasteiger partial charge in [-0.2, -0.15) is 0 Å². The third-order valence-electron chi connectivity index (χ3n) is 4.69. The number of hydrogen-bond acceptors (Lipinski definition) is 6. The van der Waals surface area contributed by atoms with Crippen LogP contribution in [0.2, 0.25) is 8.67 Å². The van der Waals surface area contributed by atoms with Gasteiger partial charge in [0.15, 0.2) is 5.13 Å². The number of benzene rings is 1. The van der Waals surface area contributed by atoms with Crippen LogP contribution in [0, 0.1) is 6.92 Å². The molecular formula is C19H18Cl2N2O3S2. The van der Waals surface area contributed by atoms with Crippen LogP contribution in [-0.4, -0.2) is 37.3 Å². The Morgan fingerprint density at radius 3 is 2.86 bits per heavy atom. The Hall–Kier alpha value is -1.38. The minimum Gasteiger partial charge on any atom is -0.494 e. The first kappa shape index (κ1) is 19.9. The Kier molecular flexibility index (Phi) is 5.81. The molecule has 2 aromatic heterocycles. The first-order valence-corrected chi connectivity index (χ1v) is 11.2. The molecule has 0 radical (unpaired) electrons. The topological polar surface area (TPSA) is 51.7 Å². The van der Waals surface area contributed by atoms with Crippen molar-refractivity contribution in [3.05, 3.63) is 38.0 Å². The second-order valence-electron chi connectivity index (χ2n) is 6.55. The van der Waals surface area contributed by atoms with E-state index in [-0.39, 0.29) is 12.0 Å². The van der Waals surface area contributed by atoms with E-state index in [1.165, 1.54) is 22.7 Å². The second-order valence-corrected chi connectivity index (χ2v) is 9.81. The number of halogens is 2. The van der Waals surface area contributed by atoms with Crippen LogP contribution in [0.3, 0.4) is 0 Å². The molecule has 0 spiro atoms. The molecule has 3 aromatic rings. The largest absolute Gasteiger partial charge is 0.494 e. The molecule has 0 N–H and O–H groups in total. The first-order chi connectivity index (χ1) is 13.5. The van der Waals surface area contributed by atoms with Gasteiger partial charge in [0.05, 0.1) is 34.4 Å². The molecule has 4 rings (SSSR count). The van der Waals surface area contributed by atoms with Crippen LogP contribution >= 0.6 is 45.9 Å². The van der Waals surface area contributed by atoms with E-state index in [0.29, 0.717) is 38.3 Å². The maximum atomic E-state index is 13.4. The Morgan fingerprint density at radius 1 is 1.39 bits per heavy atom.